The summed E-state index contributed by atoms with van der Waals surface area (Å²) in [7, 11) is 1.82. The third-order valence-electron chi connectivity index (χ3n) is 6.40. The fraction of sp³-hybridized carbons (Fsp3) is 0.652. The molecule has 2 N–H and O–H groups in total. The molecule has 1 aromatic carbocycles. The molecule has 0 unspecified atom stereocenters. The van der Waals surface area contributed by atoms with Crippen molar-refractivity contribution < 1.29 is 14.3 Å². The smallest absolute Gasteiger partial charge is 0.238 e. The van der Waals surface area contributed by atoms with Crippen LogP contribution in [0.15, 0.2) is 24.3 Å². The van der Waals surface area contributed by atoms with Crippen LogP contribution in [0, 0.1) is 5.92 Å². The van der Waals surface area contributed by atoms with E-state index in [9.17, 15) is 9.59 Å². The van der Waals surface area contributed by atoms with Gasteiger partial charge in [0.2, 0.25) is 11.8 Å². The van der Waals surface area contributed by atoms with Crippen LogP contribution in [0.3, 0.4) is 0 Å². The Bertz CT molecular complexity index is 703. The fourth-order valence-electron chi connectivity index (χ4n) is 4.18. The number of carbonyl (C=O) groups is 2. The number of likely N-dealkylation sites (N-methyl/N-ethyl adjacent to an activating group) is 1. The van der Waals surface area contributed by atoms with E-state index in [1.54, 1.807) is 4.90 Å². The van der Waals surface area contributed by atoms with E-state index < -0.39 is 0 Å². The van der Waals surface area contributed by atoms with Crippen molar-refractivity contribution >= 4 is 23.2 Å². The van der Waals surface area contributed by atoms with Crippen molar-refractivity contribution in [3.63, 3.8) is 0 Å². The van der Waals surface area contributed by atoms with Gasteiger partial charge in [0, 0.05) is 30.5 Å². The topological polar surface area (TPSA) is 73.9 Å². The van der Waals surface area contributed by atoms with Gasteiger partial charge in [-0.25, -0.2) is 0 Å². The summed E-state index contributed by atoms with van der Waals surface area (Å²) in [6, 6.07) is 7.78. The lowest BCUT2D eigenvalue weighted by Crippen LogP contribution is -2.50. The van der Waals surface area contributed by atoms with Crippen molar-refractivity contribution in [3.05, 3.63) is 24.3 Å². The van der Waals surface area contributed by atoms with Crippen molar-refractivity contribution in [1.82, 2.24) is 10.2 Å². The first kappa shape index (κ1) is 22.6. The van der Waals surface area contributed by atoms with Crippen molar-refractivity contribution in [3.8, 4) is 0 Å². The Hall–Kier alpha value is -2.12. The summed E-state index contributed by atoms with van der Waals surface area (Å²) >= 11 is 0. The van der Waals surface area contributed by atoms with E-state index in [1.807, 2.05) is 38.2 Å². The molecule has 1 aliphatic carbocycles. The van der Waals surface area contributed by atoms with Gasteiger partial charge in [-0.1, -0.05) is 19.8 Å². The second kappa shape index (κ2) is 10.8. The van der Waals surface area contributed by atoms with Crippen LogP contribution < -0.4 is 15.5 Å². The Morgan fingerprint density at radius 1 is 1.17 bits per heavy atom. The maximum absolute atomic E-state index is 12.6. The molecular formula is C23H36N4O3. The molecule has 30 heavy (non-hydrogen) atoms. The SMILES string of the molecule is C[C@@H]1CCCC[C@H]1NC(=O)[C@@H](C)N(C)CC(=O)Nc1ccc(N2CCOCC2)cc1. The van der Waals surface area contributed by atoms with Crippen LogP contribution in [-0.2, 0) is 14.3 Å². The van der Waals surface area contributed by atoms with Gasteiger partial charge >= 0.3 is 0 Å². The zero-order valence-corrected chi connectivity index (χ0v) is 18.5. The van der Waals surface area contributed by atoms with Crippen molar-refractivity contribution in [2.75, 3.05) is 50.1 Å². The first-order valence-corrected chi connectivity index (χ1v) is 11.2. The highest BCUT2D eigenvalue weighted by Crippen LogP contribution is 2.24. The lowest BCUT2D eigenvalue weighted by atomic mass is 9.86. The number of nitrogens with one attached hydrogen (secondary N) is 2. The zero-order valence-electron chi connectivity index (χ0n) is 18.5. The first-order chi connectivity index (χ1) is 14.4. The number of carbonyl (C=O) groups excluding carboxylic acids is 2. The van der Waals surface area contributed by atoms with E-state index in [1.165, 1.54) is 19.3 Å². The highest BCUT2D eigenvalue weighted by molar-refractivity contribution is 5.93. The summed E-state index contributed by atoms with van der Waals surface area (Å²) in [6.45, 7) is 7.49. The monoisotopic (exact) mass is 416 g/mol. The number of anilines is 2. The summed E-state index contributed by atoms with van der Waals surface area (Å²) in [5.74, 6) is 0.394. The molecule has 1 aliphatic heterocycles. The highest BCUT2D eigenvalue weighted by atomic mass is 16.5. The molecule has 0 aromatic heterocycles. The van der Waals surface area contributed by atoms with E-state index in [-0.39, 0.29) is 30.4 Å². The molecule has 0 spiro atoms. The van der Waals surface area contributed by atoms with Crippen LogP contribution in [-0.4, -0.2) is 68.7 Å². The predicted octanol–water partition coefficient (Wildman–Crippen LogP) is 2.48. The Morgan fingerprint density at radius 2 is 1.83 bits per heavy atom. The molecule has 2 fully saturated rings. The Morgan fingerprint density at radius 3 is 2.50 bits per heavy atom. The minimum Gasteiger partial charge on any atom is -0.378 e. The largest absolute Gasteiger partial charge is 0.378 e. The zero-order chi connectivity index (χ0) is 21.5. The molecule has 1 aromatic rings. The van der Waals surface area contributed by atoms with Gasteiger partial charge in [0.25, 0.3) is 0 Å². The summed E-state index contributed by atoms with van der Waals surface area (Å²) in [4.78, 5) is 29.2. The molecule has 7 heteroatoms. The second-order valence-electron chi connectivity index (χ2n) is 8.66. The van der Waals surface area contributed by atoms with Gasteiger partial charge in [-0.2, -0.15) is 0 Å². The van der Waals surface area contributed by atoms with E-state index in [2.05, 4.69) is 22.5 Å². The standard InChI is InChI=1S/C23H36N4O3/c1-17-6-4-5-7-21(17)25-23(29)18(2)26(3)16-22(28)24-19-8-10-20(11-9-19)27-12-14-30-15-13-27/h8-11,17-18,21H,4-7,12-16H2,1-3H3,(H,24,28)(H,25,29)/t17-,18-,21-/m1/s1. The average Bonchev–Trinajstić information content (AvgIpc) is 2.75. The maximum atomic E-state index is 12.6. The predicted molar refractivity (Wildman–Crippen MR) is 120 cm³/mol. The summed E-state index contributed by atoms with van der Waals surface area (Å²) in [5.41, 5.74) is 1.90. The molecular weight excluding hydrogens is 380 g/mol. The van der Waals surface area contributed by atoms with E-state index in [0.717, 1.165) is 44.1 Å². The molecule has 2 amide bonds. The minimum atomic E-state index is -0.353. The van der Waals surface area contributed by atoms with Gasteiger partial charge in [0.05, 0.1) is 25.8 Å². The molecule has 7 nitrogen and oxygen atoms in total. The van der Waals surface area contributed by atoms with Gasteiger partial charge in [0.15, 0.2) is 0 Å². The molecule has 2 aliphatic rings. The Balaban J connectivity index is 1.45. The summed E-state index contributed by atoms with van der Waals surface area (Å²) in [6.07, 6.45) is 4.63. The molecule has 1 saturated heterocycles. The molecule has 1 saturated carbocycles. The normalized spacial score (nSPS) is 23.1. The molecule has 3 rings (SSSR count). The number of morpholine rings is 1. The van der Waals surface area contributed by atoms with Gasteiger partial charge in [-0.3, -0.25) is 14.5 Å². The summed E-state index contributed by atoms with van der Waals surface area (Å²) < 4.78 is 5.39. The summed E-state index contributed by atoms with van der Waals surface area (Å²) in [5, 5.41) is 6.11. The van der Waals surface area contributed by atoms with Crippen LogP contribution in [0.25, 0.3) is 0 Å². The van der Waals surface area contributed by atoms with Crippen LogP contribution in [0.2, 0.25) is 0 Å². The number of nitrogens with zero attached hydrogens (tertiary/aromatic N) is 2. The number of benzene rings is 1. The van der Waals surface area contributed by atoms with Crippen LogP contribution >= 0.6 is 0 Å². The number of hydrogen-bond acceptors (Lipinski definition) is 5. The quantitative estimate of drug-likeness (QED) is 0.714. The lowest BCUT2D eigenvalue weighted by molar-refractivity contribution is -0.127. The van der Waals surface area contributed by atoms with Gasteiger partial charge in [0.1, 0.15) is 0 Å². The third kappa shape index (κ3) is 6.19. The number of ether oxygens (including phenoxy) is 1. The molecule has 0 bridgehead atoms. The van der Waals surface area contributed by atoms with Crippen molar-refractivity contribution in [2.24, 2.45) is 5.92 Å². The van der Waals surface area contributed by atoms with Crippen LogP contribution in [0.4, 0.5) is 11.4 Å². The Kier molecular flexibility index (Phi) is 8.10. The third-order valence-corrected chi connectivity index (χ3v) is 6.40. The van der Waals surface area contributed by atoms with Crippen molar-refractivity contribution in [2.45, 2.75) is 51.6 Å². The molecule has 3 atom stereocenters. The van der Waals surface area contributed by atoms with Crippen LogP contribution in [0.1, 0.15) is 39.5 Å². The van der Waals surface area contributed by atoms with Gasteiger partial charge in [-0.05, 0) is 57.0 Å². The molecule has 0 radical (unpaired) electrons. The maximum Gasteiger partial charge on any atom is 0.238 e. The molecule has 1 heterocycles. The lowest BCUT2D eigenvalue weighted by Gasteiger charge is -2.32. The van der Waals surface area contributed by atoms with E-state index >= 15 is 0 Å². The minimum absolute atomic E-state index is 0.00101. The first-order valence-electron chi connectivity index (χ1n) is 11.2. The number of amides is 2. The van der Waals surface area contributed by atoms with Gasteiger partial charge < -0.3 is 20.3 Å². The fourth-order valence-corrected chi connectivity index (χ4v) is 4.18. The number of hydrogen-bond donors (Lipinski definition) is 2. The van der Waals surface area contributed by atoms with E-state index in [4.69, 9.17) is 4.74 Å². The van der Waals surface area contributed by atoms with Crippen molar-refractivity contribution in [1.29, 1.82) is 0 Å². The highest BCUT2D eigenvalue weighted by Gasteiger charge is 2.27. The number of rotatable bonds is 7. The van der Waals surface area contributed by atoms with Crippen LogP contribution in [0.5, 0.6) is 0 Å². The second-order valence-corrected chi connectivity index (χ2v) is 8.66. The Labute approximate surface area is 180 Å². The average molecular weight is 417 g/mol. The van der Waals surface area contributed by atoms with E-state index in [0.29, 0.717) is 5.92 Å². The molecule has 166 valence electrons. The van der Waals surface area contributed by atoms with Gasteiger partial charge in [-0.15, -0.1) is 0 Å².